The van der Waals surface area contributed by atoms with Crippen LogP contribution in [0.5, 0.6) is 0 Å². The van der Waals surface area contributed by atoms with Gasteiger partial charge >= 0.3 is 12.3 Å². The fourth-order valence-electron chi connectivity index (χ4n) is 3.30. The molecule has 7 nitrogen and oxygen atoms in total. The number of ketones is 1. The molecule has 2 N–H and O–H groups in total. The lowest BCUT2D eigenvalue weighted by Gasteiger charge is -2.21. The molecule has 2 amide bonds. The van der Waals surface area contributed by atoms with Crippen molar-refractivity contribution in [1.82, 2.24) is 4.98 Å². The van der Waals surface area contributed by atoms with Gasteiger partial charge in [-0.2, -0.15) is 13.2 Å². The van der Waals surface area contributed by atoms with Crippen LogP contribution in [0.25, 0.3) is 11.1 Å². The highest BCUT2D eigenvalue weighted by molar-refractivity contribution is 6.12. The molecule has 0 spiro atoms. The van der Waals surface area contributed by atoms with E-state index in [2.05, 4.69) is 15.6 Å². The number of pyridine rings is 1. The summed E-state index contributed by atoms with van der Waals surface area (Å²) in [6, 6.07) is 12.7. The van der Waals surface area contributed by atoms with E-state index in [1.807, 2.05) is 19.1 Å². The van der Waals surface area contributed by atoms with Crippen LogP contribution >= 0.6 is 0 Å². The van der Waals surface area contributed by atoms with Gasteiger partial charge in [0.1, 0.15) is 5.60 Å². The molecule has 0 atom stereocenters. The van der Waals surface area contributed by atoms with Gasteiger partial charge in [-0.1, -0.05) is 24.3 Å². The molecule has 37 heavy (non-hydrogen) atoms. The molecule has 1 aromatic heterocycles. The molecule has 0 saturated carbocycles. The van der Waals surface area contributed by atoms with E-state index in [4.69, 9.17) is 4.74 Å². The van der Waals surface area contributed by atoms with Crippen molar-refractivity contribution in [1.29, 1.82) is 0 Å². The van der Waals surface area contributed by atoms with Crippen molar-refractivity contribution in [2.45, 2.75) is 45.9 Å². The van der Waals surface area contributed by atoms with E-state index in [0.29, 0.717) is 6.07 Å². The molecule has 0 unspecified atom stereocenters. The number of alkyl halides is 3. The Labute approximate surface area is 212 Å². The number of amides is 2. The molecule has 3 rings (SSSR count). The molecule has 1 heterocycles. The average Bonchev–Trinajstić information content (AvgIpc) is 2.78. The Kier molecular flexibility index (Phi) is 8.00. The number of Topliss-reactive ketones (excluding diaryl/α,β-unsaturated/α-hetero) is 1. The van der Waals surface area contributed by atoms with Gasteiger partial charge in [-0.15, -0.1) is 0 Å². The Morgan fingerprint density at radius 2 is 1.62 bits per heavy atom. The summed E-state index contributed by atoms with van der Waals surface area (Å²) in [7, 11) is 0. The van der Waals surface area contributed by atoms with Crippen LogP contribution in [0, 0.1) is 6.92 Å². The molecular weight excluding hydrogens is 487 g/mol. The van der Waals surface area contributed by atoms with E-state index in [9.17, 15) is 27.6 Å². The zero-order valence-electron chi connectivity index (χ0n) is 20.7. The summed E-state index contributed by atoms with van der Waals surface area (Å²) in [4.78, 5) is 41.8. The van der Waals surface area contributed by atoms with E-state index in [0.717, 1.165) is 29.0 Å². The number of benzene rings is 2. The predicted molar refractivity (Wildman–Crippen MR) is 133 cm³/mol. The highest BCUT2D eigenvalue weighted by atomic mass is 19.4. The molecule has 0 aliphatic carbocycles. The Bertz CT molecular complexity index is 1310. The monoisotopic (exact) mass is 513 g/mol. The van der Waals surface area contributed by atoms with E-state index >= 15 is 0 Å². The highest BCUT2D eigenvalue weighted by Crippen LogP contribution is 2.34. The van der Waals surface area contributed by atoms with Crippen LogP contribution in [0.2, 0.25) is 0 Å². The first-order chi connectivity index (χ1) is 17.2. The topological polar surface area (TPSA) is 97.4 Å². The number of rotatable bonds is 6. The quantitative estimate of drug-likeness (QED) is 0.285. The minimum Gasteiger partial charge on any atom is -0.444 e. The van der Waals surface area contributed by atoms with Crippen molar-refractivity contribution in [2.75, 3.05) is 10.6 Å². The van der Waals surface area contributed by atoms with Crippen molar-refractivity contribution in [3.05, 3.63) is 77.6 Å². The van der Waals surface area contributed by atoms with Gasteiger partial charge in [-0.25, -0.2) is 4.79 Å². The normalized spacial score (nSPS) is 11.5. The van der Waals surface area contributed by atoms with Crippen LogP contribution in [0.3, 0.4) is 0 Å². The maximum atomic E-state index is 13.3. The molecule has 0 saturated heterocycles. The van der Waals surface area contributed by atoms with Gasteiger partial charge in [0, 0.05) is 23.0 Å². The fourth-order valence-corrected chi connectivity index (χ4v) is 3.30. The summed E-state index contributed by atoms with van der Waals surface area (Å²) < 4.78 is 44.9. The largest absolute Gasteiger partial charge is 0.444 e. The van der Waals surface area contributed by atoms with E-state index < -0.39 is 41.5 Å². The smallest absolute Gasteiger partial charge is 0.416 e. The molecular formula is C27H26F3N3O4. The second-order valence-corrected chi connectivity index (χ2v) is 9.30. The lowest BCUT2D eigenvalue weighted by molar-refractivity contribution is -0.137. The molecule has 10 heteroatoms. The number of nitrogens with zero attached hydrogens (tertiary/aromatic N) is 1. The second-order valence-electron chi connectivity index (χ2n) is 9.30. The number of hydrogen-bond donors (Lipinski definition) is 2. The molecule has 0 aliphatic rings. The van der Waals surface area contributed by atoms with Gasteiger partial charge in [0.2, 0.25) is 5.91 Å². The standard InChI is InChI=1S/C27H26F3N3O4/c1-16-8-9-19(15-31-16)17-6-5-7-18(12-17)23(34)14-24(35)32-22-13-20(27(28,29)30)10-11-21(22)33-25(36)37-26(2,3)4/h5-13,15H,14H2,1-4H3,(H,32,35)(H,33,36). The zero-order chi connectivity index (χ0) is 27.4. The lowest BCUT2D eigenvalue weighted by Crippen LogP contribution is -2.28. The number of aryl methyl sites for hydroxylation is 1. The summed E-state index contributed by atoms with van der Waals surface area (Å²) in [5, 5.41) is 4.64. The Morgan fingerprint density at radius 3 is 2.24 bits per heavy atom. The third-order valence-corrected chi connectivity index (χ3v) is 5.01. The molecule has 2 aromatic carbocycles. The van der Waals surface area contributed by atoms with Crippen molar-refractivity contribution >= 4 is 29.2 Å². The first kappa shape index (κ1) is 27.4. The molecule has 0 aliphatic heterocycles. The Hall–Kier alpha value is -4.21. The van der Waals surface area contributed by atoms with E-state index in [1.165, 1.54) is 0 Å². The summed E-state index contributed by atoms with van der Waals surface area (Å²) in [5.74, 6) is -1.38. The van der Waals surface area contributed by atoms with E-state index in [1.54, 1.807) is 51.2 Å². The average molecular weight is 514 g/mol. The lowest BCUT2D eigenvalue weighted by atomic mass is 10.0. The van der Waals surface area contributed by atoms with Crippen molar-refractivity contribution in [2.24, 2.45) is 0 Å². The summed E-state index contributed by atoms with van der Waals surface area (Å²) in [6.07, 6.45) is -4.57. The van der Waals surface area contributed by atoms with Gasteiger partial charge in [0.05, 0.1) is 23.4 Å². The number of anilines is 2. The number of hydrogen-bond acceptors (Lipinski definition) is 5. The van der Waals surface area contributed by atoms with Crippen molar-refractivity contribution in [3.63, 3.8) is 0 Å². The summed E-state index contributed by atoms with van der Waals surface area (Å²) >= 11 is 0. The predicted octanol–water partition coefficient (Wildman–Crippen LogP) is 6.63. The van der Waals surface area contributed by atoms with Crippen LogP contribution in [-0.4, -0.2) is 28.4 Å². The van der Waals surface area contributed by atoms with Gasteiger partial charge in [-0.05, 0) is 63.6 Å². The molecule has 0 fully saturated rings. The summed E-state index contributed by atoms with van der Waals surface area (Å²) in [5.41, 5.74) is 0.270. The Morgan fingerprint density at radius 1 is 0.892 bits per heavy atom. The number of ether oxygens (including phenoxy) is 1. The van der Waals surface area contributed by atoms with Crippen molar-refractivity contribution < 1.29 is 32.3 Å². The number of aromatic nitrogens is 1. The minimum atomic E-state index is -4.69. The van der Waals surface area contributed by atoms with E-state index in [-0.39, 0.29) is 16.9 Å². The van der Waals surface area contributed by atoms with Gasteiger partial charge in [0.15, 0.2) is 5.78 Å². The molecule has 3 aromatic rings. The van der Waals surface area contributed by atoms with Crippen LogP contribution in [0.15, 0.2) is 60.8 Å². The molecule has 0 radical (unpaired) electrons. The summed E-state index contributed by atoms with van der Waals surface area (Å²) in [6.45, 7) is 6.72. The number of nitrogens with one attached hydrogen (secondary N) is 2. The second kappa shape index (κ2) is 10.8. The van der Waals surface area contributed by atoms with Crippen LogP contribution in [0.1, 0.15) is 48.8 Å². The fraction of sp³-hybridized carbons (Fsp3) is 0.259. The van der Waals surface area contributed by atoms with Crippen LogP contribution < -0.4 is 10.6 Å². The van der Waals surface area contributed by atoms with Gasteiger partial charge in [0.25, 0.3) is 0 Å². The first-order valence-electron chi connectivity index (χ1n) is 11.3. The third kappa shape index (κ3) is 7.89. The maximum Gasteiger partial charge on any atom is 0.416 e. The van der Waals surface area contributed by atoms with Crippen LogP contribution in [0.4, 0.5) is 29.3 Å². The Balaban J connectivity index is 1.79. The number of halogens is 3. The van der Waals surface area contributed by atoms with Crippen LogP contribution in [-0.2, 0) is 15.7 Å². The molecule has 0 bridgehead atoms. The first-order valence-corrected chi connectivity index (χ1v) is 11.3. The number of carbonyl (C=O) groups is 3. The number of carbonyl (C=O) groups excluding carboxylic acids is 3. The zero-order valence-corrected chi connectivity index (χ0v) is 20.7. The molecule has 194 valence electrons. The highest BCUT2D eigenvalue weighted by Gasteiger charge is 2.31. The van der Waals surface area contributed by atoms with Gasteiger partial charge in [-0.3, -0.25) is 19.9 Å². The SMILES string of the molecule is Cc1ccc(-c2cccc(C(=O)CC(=O)Nc3cc(C(F)(F)F)ccc3NC(=O)OC(C)(C)C)c2)cn1. The van der Waals surface area contributed by atoms with Crippen molar-refractivity contribution in [3.8, 4) is 11.1 Å². The maximum absolute atomic E-state index is 13.3. The van der Waals surface area contributed by atoms with Gasteiger partial charge < -0.3 is 10.1 Å². The minimum absolute atomic E-state index is 0.114. The third-order valence-electron chi connectivity index (χ3n) is 5.01.